The number of halogens is 1. The van der Waals surface area contributed by atoms with Crippen molar-refractivity contribution in [2.75, 3.05) is 0 Å². The van der Waals surface area contributed by atoms with E-state index in [0.29, 0.717) is 17.5 Å². The summed E-state index contributed by atoms with van der Waals surface area (Å²) < 4.78 is 21.1. The van der Waals surface area contributed by atoms with E-state index in [1.54, 1.807) is 31.5 Å². The van der Waals surface area contributed by atoms with Gasteiger partial charge in [-0.2, -0.15) is 0 Å². The summed E-state index contributed by atoms with van der Waals surface area (Å²) in [6, 6.07) is 11.4. The molecule has 0 spiro atoms. The molecular weight excluding hydrogens is 381 g/mol. The van der Waals surface area contributed by atoms with Crippen molar-refractivity contribution in [2.45, 2.75) is 45.8 Å². The van der Waals surface area contributed by atoms with Gasteiger partial charge >= 0.3 is 0 Å². The highest BCUT2D eigenvalue weighted by atomic mass is 19.1. The SMILES string of the molecule is Cc1cc(OC(C)C(=O)NC(c2ccc(F)cc2)c2nccn2C)ccc1C(C)C. The lowest BCUT2D eigenvalue weighted by Gasteiger charge is -2.22. The van der Waals surface area contributed by atoms with Crippen LogP contribution in [0.1, 0.15) is 55.2 Å². The van der Waals surface area contributed by atoms with Crippen LogP contribution >= 0.6 is 0 Å². The van der Waals surface area contributed by atoms with E-state index in [9.17, 15) is 9.18 Å². The van der Waals surface area contributed by atoms with Gasteiger partial charge in [-0.1, -0.05) is 32.0 Å². The van der Waals surface area contributed by atoms with Crippen molar-refractivity contribution in [3.05, 3.63) is 83.2 Å². The van der Waals surface area contributed by atoms with E-state index >= 15 is 0 Å². The number of aromatic nitrogens is 2. The molecular formula is C24H28FN3O2. The summed E-state index contributed by atoms with van der Waals surface area (Å²) in [5.41, 5.74) is 3.13. The van der Waals surface area contributed by atoms with Crippen molar-refractivity contribution >= 4 is 5.91 Å². The summed E-state index contributed by atoms with van der Waals surface area (Å²) in [4.78, 5) is 17.3. The van der Waals surface area contributed by atoms with Crippen molar-refractivity contribution < 1.29 is 13.9 Å². The summed E-state index contributed by atoms with van der Waals surface area (Å²) >= 11 is 0. The second-order valence-corrected chi connectivity index (χ2v) is 7.82. The largest absolute Gasteiger partial charge is 0.481 e. The molecule has 0 bridgehead atoms. The van der Waals surface area contributed by atoms with Crippen LogP contribution in [0.3, 0.4) is 0 Å². The number of carbonyl (C=O) groups excluding carboxylic acids is 1. The Morgan fingerprint density at radius 2 is 1.83 bits per heavy atom. The average molecular weight is 410 g/mol. The second-order valence-electron chi connectivity index (χ2n) is 7.82. The molecule has 0 aliphatic carbocycles. The van der Waals surface area contributed by atoms with E-state index in [1.807, 2.05) is 36.7 Å². The Hall–Kier alpha value is -3.15. The van der Waals surface area contributed by atoms with Gasteiger partial charge in [0.05, 0.1) is 0 Å². The third-order valence-corrected chi connectivity index (χ3v) is 5.15. The standard InChI is InChI=1S/C24H28FN3O2/c1-15(2)21-11-10-20(14-16(21)3)30-17(4)24(29)27-22(23-26-12-13-28(23)5)18-6-8-19(25)9-7-18/h6-15,17,22H,1-5H3,(H,27,29). The van der Waals surface area contributed by atoms with E-state index in [1.165, 1.54) is 17.7 Å². The molecule has 6 heteroatoms. The predicted octanol–water partition coefficient (Wildman–Crippen LogP) is 4.66. The van der Waals surface area contributed by atoms with Gasteiger partial charge in [0, 0.05) is 19.4 Å². The van der Waals surface area contributed by atoms with Gasteiger partial charge in [-0.25, -0.2) is 9.37 Å². The number of nitrogens with one attached hydrogen (secondary N) is 1. The second kappa shape index (κ2) is 9.11. The molecule has 2 aromatic carbocycles. The molecule has 0 aliphatic rings. The van der Waals surface area contributed by atoms with Crippen LogP contribution in [-0.4, -0.2) is 21.6 Å². The van der Waals surface area contributed by atoms with Crippen LogP contribution in [0.4, 0.5) is 4.39 Å². The fourth-order valence-electron chi connectivity index (χ4n) is 3.49. The van der Waals surface area contributed by atoms with Crippen LogP contribution in [-0.2, 0) is 11.8 Å². The van der Waals surface area contributed by atoms with Gasteiger partial charge in [-0.15, -0.1) is 0 Å². The van der Waals surface area contributed by atoms with E-state index < -0.39 is 12.1 Å². The van der Waals surface area contributed by atoms with Gasteiger partial charge in [0.15, 0.2) is 6.10 Å². The molecule has 2 unspecified atom stereocenters. The molecule has 0 aliphatic heterocycles. The minimum absolute atomic E-state index is 0.280. The predicted molar refractivity (Wildman–Crippen MR) is 115 cm³/mol. The Morgan fingerprint density at radius 3 is 2.40 bits per heavy atom. The minimum Gasteiger partial charge on any atom is -0.481 e. The van der Waals surface area contributed by atoms with Crippen LogP contribution in [0.5, 0.6) is 5.75 Å². The van der Waals surface area contributed by atoms with Crippen molar-refractivity contribution in [1.29, 1.82) is 0 Å². The first-order valence-corrected chi connectivity index (χ1v) is 10.1. The average Bonchev–Trinajstić information content (AvgIpc) is 3.12. The molecule has 2 atom stereocenters. The van der Waals surface area contributed by atoms with Gasteiger partial charge in [0.1, 0.15) is 23.4 Å². The van der Waals surface area contributed by atoms with Crippen LogP contribution < -0.4 is 10.1 Å². The smallest absolute Gasteiger partial charge is 0.261 e. The topological polar surface area (TPSA) is 56.1 Å². The van der Waals surface area contributed by atoms with E-state index in [0.717, 1.165) is 11.1 Å². The maximum absolute atomic E-state index is 13.4. The molecule has 0 saturated carbocycles. The van der Waals surface area contributed by atoms with Crippen molar-refractivity contribution in [3.8, 4) is 5.75 Å². The zero-order valence-electron chi connectivity index (χ0n) is 18.0. The first kappa shape index (κ1) is 21.6. The van der Waals surface area contributed by atoms with Crippen molar-refractivity contribution in [2.24, 2.45) is 7.05 Å². The van der Waals surface area contributed by atoms with Crippen molar-refractivity contribution in [3.63, 3.8) is 0 Å². The number of rotatable bonds is 7. The van der Waals surface area contributed by atoms with Gasteiger partial charge in [-0.3, -0.25) is 4.79 Å². The van der Waals surface area contributed by atoms with Gasteiger partial charge in [-0.05, 0) is 60.7 Å². The van der Waals surface area contributed by atoms with Crippen LogP contribution in [0.2, 0.25) is 0 Å². The third-order valence-electron chi connectivity index (χ3n) is 5.15. The molecule has 1 heterocycles. The zero-order chi connectivity index (χ0) is 21.8. The van der Waals surface area contributed by atoms with Gasteiger partial charge in [0.2, 0.25) is 0 Å². The monoisotopic (exact) mass is 409 g/mol. The molecule has 3 aromatic rings. The number of ether oxygens (including phenoxy) is 1. The first-order chi connectivity index (χ1) is 14.3. The summed E-state index contributed by atoms with van der Waals surface area (Å²) in [5.74, 6) is 1.11. The molecule has 3 rings (SSSR count). The lowest BCUT2D eigenvalue weighted by atomic mass is 9.98. The zero-order valence-corrected chi connectivity index (χ0v) is 18.0. The number of nitrogens with zero attached hydrogens (tertiary/aromatic N) is 2. The molecule has 1 N–H and O–H groups in total. The van der Waals surface area contributed by atoms with Crippen LogP contribution in [0.15, 0.2) is 54.9 Å². The quantitative estimate of drug-likeness (QED) is 0.617. The number of carbonyl (C=O) groups is 1. The minimum atomic E-state index is -0.711. The van der Waals surface area contributed by atoms with Gasteiger partial charge < -0.3 is 14.6 Å². The Bertz CT molecular complexity index is 1010. The molecule has 0 fully saturated rings. The number of hydrogen-bond donors (Lipinski definition) is 1. The third kappa shape index (κ3) is 4.87. The molecule has 158 valence electrons. The fourth-order valence-corrected chi connectivity index (χ4v) is 3.49. The first-order valence-electron chi connectivity index (χ1n) is 10.1. The molecule has 1 aromatic heterocycles. The maximum atomic E-state index is 13.4. The van der Waals surface area contributed by atoms with Crippen LogP contribution in [0, 0.1) is 12.7 Å². The number of aryl methyl sites for hydroxylation is 2. The highest BCUT2D eigenvalue weighted by molar-refractivity contribution is 5.81. The lowest BCUT2D eigenvalue weighted by Crippen LogP contribution is -2.39. The summed E-state index contributed by atoms with van der Waals surface area (Å²) in [6.45, 7) is 8.04. The Labute approximate surface area is 176 Å². The van der Waals surface area contributed by atoms with Crippen LogP contribution in [0.25, 0.3) is 0 Å². The lowest BCUT2D eigenvalue weighted by molar-refractivity contribution is -0.127. The highest BCUT2D eigenvalue weighted by Crippen LogP contribution is 2.25. The molecule has 30 heavy (non-hydrogen) atoms. The van der Waals surface area contributed by atoms with Crippen molar-refractivity contribution in [1.82, 2.24) is 14.9 Å². The number of benzene rings is 2. The Kier molecular flexibility index (Phi) is 6.55. The normalized spacial score (nSPS) is 13.2. The number of amides is 1. The van der Waals surface area contributed by atoms with Gasteiger partial charge in [0.25, 0.3) is 5.91 Å². The Morgan fingerprint density at radius 1 is 1.13 bits per heavy atom. The fraction of sp³-hybridized carbons (Fsp3) is 0.333. The summed E-state index contributed by atoms with van der Waals surface area (Å²) in [5, 5.41) is 2.99. The number of hydrogen-bond acceptors (Lipinski definition) is 3. The summed E-state index contributed by atoms with van der Waals surface area (Å²) in [7, 11) is 1.85. The van der Waals surface area contributed by atoms with E-state index in [-0.39, 0.29) is 11.7 Å². The number of imidazole rings is 1. The molecule has 0 saturated heterocycles. The van der Waals surface area contributed by atoms with E-state index in [4.69, 9.17) is 4.74 Å². The van der Waals surface area contributed by atoms with E-state index in [2.05, 4.69) is 24.1 Å². The maximum Gasteiger partial charge on any atom is 0.261 e. The molecule has 0 radical (unpaired) electrons. The molecule has 5 nitrogen and oxygen atoms in total. The summed E-state index contributed by atoms with van der Waals surface area (Å²) in [6.07, 6.45) is 2.76. The Balaban J connectivity index is 1.77. The molecule has 1 amide bonds. The highest BCUT2D eigenvalue weighted by Gasteiger charge is 2.24.